The van der Waals surface area contributed by atoms with E-state index in [1.165, 1.54) is 17.1 Å². The molecule has 0 bridgehead atoms. The van der Waals surface area contributed by atoms with Crippen molar-refractivity contribution < 1.29 is 31.2 Å². The van der Waals surface area contributed by atoms with E-state index in [0.717, 1.165) is 4.90 Å². The maximum Gasteiger partial charge on any atom is 0.246 e. The smallest absolute Gasteiger partial charge is 0.246 e. The highest BCUT2D eigenvalue weighted by molar-refractivity contribution is 6.36. The lowest BCUT2D eigenvalue weighted by molar-refractivity contribution is -0.126. The van der Waals surface area contributed by atoms with Crippen LogP contribution in [0.25, 0.3) is 17.4 Å². The van der Waals surface area contributed by atoms with Crippen LogP contribution in [0.2, 0.25) is 10.0 Å². The Labute approximate surface area is 200 Å². The number of amides is 1. The van der Waals surface area contributed by atoms with E-state index >= 15 is 0 Å². The van der Waals surface area contributed by atoms with Crippen molar-refractivity contribution in [3.05, 3.63) is 81.3 Å². The van der Waals surface area contributed by atoms with Gasteiger partial charge in [-0.25, -0.2) is 22.0 Å². The quantitative estimate of drug-likeness (QED) is 0.176. The zero-order valence-corrected chi connectivity index (χ0v) is 18.7. The lowest BCUT2D eigenvalue weighted by Crippen LogP contribution is -2.49. The maximum absolute atomic E-state index is 14.0. The van der Waals surface area contributed by atoms with Gasteiger partial charge in [0.25, 0.3) is 0 Å². The lowest BCUT2D eigenvalue weighted by Gasteiger charge is -2.36. The number of halogens is 7. The summed E-state index contributed by atoms with van der Waals surface area (Å²) in [7, 11) is 0. The van der Waals surface area contributed by atoms with Crippen molar-refractivity contribution in [3.8, 4) is 11.3 Å². The first kappa shape index (κ1) is 24.1. The van der Waals surface area contributed by atoms with Crippen LogP contribution in [0.5, 0.6) is 0 Å². The maximum atomic E-state index is 14.0. The summed E-state index contributed by atoms with van der Waals surface area (Å²) in [4.78, 5) is 14.9. The van der Waals surface area contributed by atoms with Crippen LogP contribution in [0.4, 0.5) is 27.6 Å². The third-order valence-corrected chi connectivity index (χ3v) is 5.86. The van der Waals surface area contributed by atoms with Crippen molar-refractivity contribution in [2.45, 2.75) is 0 Å². The van der Waals surface area contributed by atoms with Gasteiger partial charge in [-0.1, -0.05) is 23.2 Å². The van der Waals surface area contributed by atoms with Gasteiger partial charge in [-0.3, -0.25) is 4.79 Å². The Kier molecular flexibility index (Phi) is 6.86. The summed E-state index contributed by atoms with van der Waals surface area (Å²) in [5.41, 5.74) is -0.371. The van der Waals surface area contributed by atoms with E-state index in [-0.39, 0.29) is 26.2 Å². The highest BCUT2D eigenvalue weighted by atomic mass is 35.5. The van der Waals surface area contributed by atoms with Crippen LogP contribution in [0.15, 0.2) is 40.8 Å². The predicted molar refractivity (Wildman–Crippen MR) is 118 cm³/mol. The van der Waals surface area contributed by atoms with Gasteiger partial charge < -0.3 is 14.2 Å². The molecule has 1 aromatic heterocycles. The third kappa shape index (κ3) is 4.63. The summed E-state index contributed by atoms with van der Waals surface area (Å²) >= 11 is 12.1. The van der Waals surface area contributed by atoms with Crippen molar-refractivity contribution in [2.75, 3.05) is 31.1 Å². The molecule has 1 aliphatic rings. The predicted octanol–water partition coefficient (Wildman–Crippen LogP) is 6.31. The number of carbonyl (C=O) groups is 1. The SMILES string of the molecule is O=C(/C=C/c1ccc(-c2ccc(Cl)cc2Cl)o1)N1CCN(c2c(F)c(F)c(F)c(F)c2F)CC1. The van der Waals surface area contributed by atoms with Gasteiger partial charge in [-0.15, -0.1) is 0 Å². The molecule has 11 heteroatoms. The van der Waals surface area contributed by atoms with E-state index in [4.69, 9.17) is 27.6 Å². The average molecular weight is 517 g/mol. The normalized spacial score (nSPS) is 14.3. The molecule has 0 N–H and O–H groups in total. The second kappa shape index (κ2) is 9.68. The van der Waals surface area contributed by atoms with Crippen LogP contribution in [-0.4, -0.2) is 37.0 Å². The molecule has 0 spiro atoms. The number of nitrogens with zero attached hydrogens (tertiary/aromatic N) is 2. The molecular weight excluding hydrogens is 502 g/mol. The van der Waals surface area contributed by atoms with E-state index < -0.39 is 40.7 Å². The summed E-state index contributed by atoms with van der Waals surface area (Å²) < 4.78 is 74.0. The zero-order valence-electron chi connectivity index (χ0n) is 17.2. The van der Waals surface area contributed by atoms with Crippen molar-refractivity contribution >= 4 is 40.9 Å². The van der Waals surface area contributed by atoms with Crippen molar-refractivity contribution in [2.24, 2.45) is 0 Å². The lowest BCUT2D eigenvalue weighted by atomic mass is 10.2. The molecule has 1 amide bonds. The van der Waals surface area contributed by atoms with Gasteiger partial charge in [0.05, 0.1) is 5.02 Å². The fourth-order valence-electron chi connectivity index (χ4n) is 3.56. The van der Waals surface area contributed by atoms with Crippen molar-refractivity contribution in [3.63, 3.8) is 0 Å². The Balaban J connectivity index is 1.41. The molecule has 1 aliphatic heterocycles. The standard InChI is InChI=1S/C23H15Cl2F5N2O2/c24-12-1-4-14(15(25)11-12)16-5-2-13(34-16)3-6-17(33)31-7-9-32(10-8-31)23-21(29)19(27)18(26)20(28)22(23)30/h1-6,11H,7-10H2/b6-3+. The molecule has 0 atom stereocenters. The molecule has 0 saturated carbocycles. The van der Waals surface area contributed by atoms with E-state index in [2.05, 4.69) is 0 Å². The minimum Gasteiger partial charge on any atom is -0.457 e. The molecule has 0 radical (unpaired) electrons. The Hall–Kier alpha value is -3.04. The van der Waals surface area contributed by atoms with Crippen LogP contribution in [0.3, 0.4) is 0 Å². The second-order valence-corrected chi connectivity index (χ2v) is 8.23. The summed E-state index contributed by atoms with van der Waals surface area (Å²) in [5, 5.41) is 0.881. The molecule has 4 rings (SSSR count). The first-order valence-corrected chi connectivity index (χ1v) is 10.7. The number of piperazine rings is 1. The molecule has 34 heavy (non-hydrogen) atoms. The van der Waals surface area contributed by atoms with Gasteiger partial charge in [-0.05, 0) is 36.4 Å². The minimum absolute atomic E-state index is 0.0203. The van der Waals surface area contributed by atoms with E-state index in [1.807, 2.05) is 0 Å². The molecule has 2 heterocycles. The summed E-state index contributed by atoms with van der Waals surface area (Å²) in [6.45, 7) is -0.186. The largest absolute Gasteiger partial charge is 0.457 e. The van der Waals surface area contributed by atoms with Gasteiger partial charge >= 0.3 is 0 Å². The number of rotatable bonds is 4. The first-order valence-electron chi connectivity index (χ1n) is 9.96. The molecule has 2 aromatic carbocycles. The van der Waals surface area contributed by atoms with Crippen LogP contribution >= 0.6 is 23.2 Å². The number of benzene rings is 2. The Morgan fingerprint density at radius 3 is 2.09 bits per heavy atom. The van der Waals surface area contributed by atoms with Crippen LogP contribution in [0, 0.1) is 29.1 Å². The van der Waals surface area contributed by atoms with Crippen LogP contribution in [-0.2, 0) is 4.79 Å². The number of anilines is 1. The number of hydrogen-bond donors (Lipinski definition) is 0. The summed E-state index contributed by atoms with van der Waals surface area (Å²) in [5.74, 6) is -9.56. The molecule has 178 valence electrons. The van der Waals surface area contributed by atoms with Gasteiger partial charge in [0, 0.05) is 42.8 Å². The highest BCUT2D eigenvalue weighted by Gasteiger charge is 2.31. The molecule has 0 aliphatic carbocycles. The monoisotopic (exact) mass is 516 g/mol. The fourth-order valence-corrected chi connectivity index (χ4v) is 4.06. The van der Waals surface area contributed by atoms with Gasteiger partial charge in [0.2, 0.25) is 11.7 Å². The van der Waals surface area contributed by atoms with Gasteiger partial charge in [0.1, 0.15) is 17.2 Å². The molecular formula is C23H15Cl2F5N2O2. The zero-order chi connectivity index (χ0) is 24.6. The minimum atomic E-state index is -2.21. The Bertz CT molecular complexity index is 1260. The summed E-state index contributed by atoms with van der Waals surface area (Å²) in [6, 6.07) is 8.27. The Morgan fingerprint density at radius 1 is 0.853 bits per heavy atom. The van der Waals surface area contributed by atoms with E-state index in [1.54, 1.807) is 30.3 Å². The van der Waals surface area contributed by atoms with Gasteiger partial charge in [-0.2, -0.15) is 0 Å². The number of carbonyl (C=O) groups excluding carboxylic acids is 1. The molecule has 0 unspecified atom stereocenters. The molecule has 4 nitrogen and oxygen atoms in total. The first-order chi connectivity index (χ1) is 16.2. The Morgan fingerprint density at radius 2 is 1.47 bits per heavy atom. The second-order valence-electron chi connectivity index (χ2n) is 7.39. The average Bonchev–Trinajstić information content (AvgIpc) is 3.29. The molecule has 1 fully saturated rings. The topological polar surface area (TPSA) is 36.7 Å². The fraction of sp³-hybridized carbons (Fsp3) is 0.174. The van der Waals surface area contributed by atoms with Gasteiger partial charge in [0.15, 0.2) is 23.3 Å². The number of hydrogen-bond acceptors (Lipinski definition) is 3. The van der Waals surface area contributed by atoms with Crippen LogP contribution < -0.4 is 4.90 Å². The third-order valence-electron chi connectivity index (χ3n) is 5.31. The molecule has 1 saturated heterocycles. The van der Waals surface area contributed by atoms with Crippen LogP contribution in [0.1, 0.15) is 5.76 Å². The van der Waals surface area contributed by atoms with E-state index in [9.17, 15) is 26.7 Å². The van der Waals surface area contributed by atoms with E-state index in [0.29, 0.717) is 27.1 Å². The van der Waals surface area contributed by atoms with Crippen molar-refractivity contribution in [1.82, 2.24) is 4.90 Å². The molecule has 3 aromatic rings. The number of furan rings is 1. The highest BCUT2D eigenvalue weighted by Crippen LogP contribution is 2.32. The summed E-state index contributed by atoms with van der Waals surface area (Å²) in [6.07, 6.45) is 2.71. The van der Waals surface area contributed by atoms with Crippen molar-refractivity contribution in [1.29, 1.82) is 0 Å².